The second kappa shape index (κ2) is 8.10. The SMILES string of the molecule is CCc1cc2c(=O)n(CN3CCN(c4ccc(Cl)cc4[N+](=O)[O-])CC3)cnc2s1. The Balaban J connectivity index is 1.47. The number of nitro groups is 1. The first-order valence-electron chi connectivity index (χ1n) is 9.35. The molecule has 1 aliphatic heterocycles. The molecule has 1 aliphatic rings. The summed E-state index contributed by atoms with van der Waals surface area (Å²) in [6, 6.07) is 6.68. The maximum Gasteiger partial charge on any atom is 0.294 e. The van der Waals surface area contributed by atoms with Gasteiger partial charge in [-0.05, 0) is 24.6 Å². The number of aromatic nitrogens is 2. The topological polar surface area (TPSA) is 84.5 Å². The fourth-order valence-corrected chi connectivity index (χ4v) is 4.63. The summed E-state index contributed by atoms with van der Waals surface area (Å²) in [4.78, 5) is 34.2. The molecule has 1 saturated heterocycles. The van der Waals surface area contributed by atoms with Crippen molar-refractivity contribution in [3.8, 4) is 0 Å². The molecule has 0 spiro atoms. The van der Waals surface area contributed by atoms with E-state index in [9.17, 15) is 14.9 Å². The van der Waals surface area contributed by atoms with E-state index in [0.717, 1.165) is 16.1 Å². The van der Waals surface area contributed by atoms with Crippen molar-refractivity contribution in [2.45, 2.75) is 20.0 Å². The van der Waals surface area contributed by atoms with Gasteiger partial charge in [0.15, 0.2) is 0 Å². The van der Waals surface area contributed by atoms with Crippen LogP contribution in [0.15, 0.2) is 35.4 Å². The smallest absolute Gasteiger partial charge is 0.294 e. The molecule has 0 radical (unpaired) electrons. The number of benzene rings is 1. The van der Waals surface area contributed by atoms with Gasteiger partial charge in [0.1, 0.15) is 16.8 Å². The Morgan fingerprint density at radius 1 is 1.24 bits per heavy atom. The van der Waals surface area contributed by atoms with Gasteiger partial charge in [-0.3, -0.25) is 24.4 Å². The minimum Gasteiger partial charge on any atom is -0.363 e. The number of nitrogens with zero attached hydrogens (tertiary/aromatic N) is 5. The van der Waals surface area contributed by atoms with E-state index >= 15 is 0 Å². The van der Waals surface area contributed by atoms with Gasteiger partial charge in [0.25, 0.3) is 11.2 Å². The maximum absolute atomic E-state index is 12.8. The molecule has 3 aromatic rings. The van der Waals surface area contributed by atoms with Crippen LogP contribution in [0.1, 0.15) is 11.8 Å². The second-order valence-corrected chi connectivity index (χ2v) is 8.49. The van der Waals surface area contributed by atoms with Crippen molar-refractivity contribution in [3.05, 3.63) is 61.0 Å². The normalized spacial score (nSPS) is 15.2. The summed E-state index contributed by atoms with van der Waals surface area (Å²) in [6.07, 6.45) is 2.50. The second-order valence-electron chi connectivity index (χ2n) is 6.94. The molecule has 0 saturated carbocycles. The van der Waals surface area contributed by atoms with Crippen LogP contribution in [0.25, 0.3) is 10.2 Å². The van der Waals surface area contributed by atoms with Crippen LogP contribution in [0.5, 0.6) is 0 Å². The predicted octanol–water partition coefficient (Wildman–Crippen LogP) is 3.36. The highest BCUT2D eigenvalue weighted by Crippen LogP contribution is 2.31. The number of hydrogen-bond donors (Lipinski definition) is 0. The van der Waals surface area contributed by atoms with E-state index in [1.165, 1.54) is 6.07 Å². The largest absolute Gasteiger partial charge is 0.363 e. The molecule has 152 valence electrons. The van der Waals surface area contributed by atoms with E-state index in [-0.39, 0.29) is 11.2 Å². The number of aryl methyl sites for hydroxylation is 1. The first kappa shape index (κ1) is 19.8. The molecule has 8 nitrogen and oxygen atoms in total. The zero-order valence-corrected chi connectivity index (χ0v) is 17.4. The molecule has 1 fully saturated rings. The van der Waals surface area contributed by atoms with Gasteiger partial charge in [-0.25, -0.2) is 4.98 Å². The van der Waals surface area contributed by atoms with Crippen molar-refractivity contribution in [2.24, 2.45) is 0 Å². The highest BCUT2D eigenvalue weighted by molar-refractivity contribution is 7.18. The Kier molecular flexibility index (Phi) is 5.53. The van der Waals surface area contributed by atoms with E-state index in [0.29, 0.717) is 48.9 Å². The zero-order chi connectivity index (χ0) is 20.5. The Labute approximate surface area is 176 Å². The number of rotatable bonds is 5. The average Bonchev–Trinajstić information content (AvgIpc) is 3.15. The number of anilines is 1. The van der Waals surface area contributed by atoms with Crippen molar-refractivity contribution in [1.82, 2.24) is 14.5 Å². The number of thiophene rings is 1. The molecule has 0 aliphatic carbocycles. The summed E-state index contributed by atoms with van der Waals surface area (Å²) in [5, 5.41) is 12.4. The number of fused-ring (bicyclic) bond motifs is 1. The molecule has 29 heavy (non-hydrogen) atoms. The minimum absolute atomic E-state index is 0.0148. The lowest BCUT2D eigenvalue weighted by Gasteiger charge is -2.35. The zero-order valence-electron chi connectivity index (χ0n) is 15.9. The summed E-state index contributed by atoms with van der Waals surface area (Å²) in [6.45, 7) is 5.16. The van der Waals surface area contributed by atoms with E-state index in [2.05, 4.69) is 16.8 Å². The molecular weight excluding hydrogens is 414 g/mol. The Morgan fingerprint density at radius 3 is 2.69 bits per heavy atom. The van der Waals surface area contributed by atoms with Gasteiger partial charge < -0.3 is 4.90 Å². The Hall–Kier alpha value is -2.49. The van der Waals surface area contributed by atoms with Crippen LogP contribution in [0.2, 0.25) is 5.02 Å². The molecule has 4 rings (SSSR count). The Bertz CT molecular complexity index is 1120. The molecule has 0 atom stereocenters. The van der Waals surface area contributed by atoms with Crippen molar-refractivity contribution >= 4 is 44.5 Å². The predicted molar refractivity (Wildman–Crippen MR) is 115 cm³/mol. The van der Waals surface area contributed by atoms with Crippen molar-refractivity contribution in [2.75, 3.05) is 31.1 Å². The maximum atomic E-state index is 12.8. The van der Waals surface area contributed by atoms with Crippen LogP contribution in [0, 0.1) is 10.1 Å². The first-order chi connectivity index (χ1) is 14.0. The molecule has 1 aromatic carbocycles. The van der Waals surface area contributed by atoms with Crippen LogP contribution in [0.3, 0.4) is 0 Å². The van der Waals surface area contributed by atoms with E-state index < -0.39 is 4.92 Å². The number of halogens is 1. The molecule has 10 heteroatoms. The fraction of sp³-hybridized carbons (Fsp3) is 0.368. The van der Waals surface area contributed by atoms with Crippen LogP contribution < -0.4 is 10.5 Å². The molecule has 3 heterocycles. The number of piperazine rings is 1. The molecule has 0 N–H and O–H groups in total. The quantitative estimate of drug-likeness (QED) is 0.453. The summed E-state index contributed by atoms with van der Waals surface area (Å²) in [5.74, 6) is 0. The third-order valence-corrected chi connectivity index (χ3v) is 6.54. The van der Waals surface area contributed by atoms with Crippen molar-refractivity contribution < 1.29 is 4.92 Å². The van der Waals surface area contributed by atoms with Crippen LogP contribution in [0.4, 0.5) is 11.4 Å². The van der Waals surface area contributed by atoms with Gasteiger partial charge in [-0.2, -0.15) is 0 Å². The van der Waals surface area contributed by atoms with E-state index in [4.69, 9.17) is 11.6 Å². The monoisotopic (exact) mass is 433 g/mol. The Morgan fingerprint density at radius 2 is 2.00 bits per heavy atom. The summed E-state index contributed by atoms with van der Waals surface area (Å²) < 4.78 is 1.63. The van der Waals surface area contributed by atoms with Gasteiger partial charge in [-0.15, -0.1) is 11.3 Å². The highest BCUT2D eigenvalue weighted by Gasteiger charge is 2.24. The molecule has 0 amide bonds. The van der Waals surface area contributed by atoms with Gasteiger partial charge >= 0.3 is 0 Å². The highest BCUT2D eigenvalue weighted by atomic mass is 35.5. The third-order valence-electron chi connectivity index (χ3n) is 5.12. The summed E-state index contributed by atoms with van der Waals surface area (Å²) in [7, 11) is 0. The van der Waals surface area contributed by atoms with Crippen molar-refractivity contribution in [1.29, 1.82) is 0 Å². The fourth-order valence-electron chi connectivity index (χ4n) is 3.54. The lowest BCUT2D eigenvalue weighted by atomic mass is 10.2. The number of nitro benzene ring substituents is 1. The van der Waals surface area contributed by atoms with Gasteiger partial charge in [0.05, 0.1) is 17.0 Å². The minimum atomic E-state index is -0.403. The van der Waals surface area contributed by atoms with Crippen molar-refractivity contribution in [3.63, 3.8) is 0 Å². The lowest BCUT2D eigenvalue weighted by Crippen LogP contribution is -2.48. The third kappa shape index (κ3) is 3.98. The van der Waals surface area contributed by atoms with Gasteiger partial charge in [-0.1, -0.05) is 18.5 Å². The molecule has 0 bridgehead atoms. The van der Waals surface area contributed by atoms with Crippen LogP contribution >= 0.6 is 22.9 Å². The van der Waals surface area contributed by atoms with E-state index in [1.807, 2.05) is 11.0 Å². The van der Waals surface area contributed by atoms with Crippen LogP contribution in [-0.2, 0) is 13.1 Å². The first-order valence-corrected chi connectivity index (χ1v) is 10.5. The van der Waals surface area contributed by atoms with Gasteiger partial charge in [0, 0.05) is 42.1 Å². The van der Waals surface area contributed by atoms with Gasteiger partial charge in [0.2, 0.25) is 0 Å². The molecule has 2 aromatic heterocycles. The summed E-state index contributed by atoms with van der Waals surface area (Å²) in [5.41, 5.74) is 0.562. The lowest BCUT2D eigenvalue weighted by molar-refractivity contribution is -0.384. The molecule has 0 unspecified atom stereocenters. The van der Waals surface area contributed by atoms with Crippen LogP contribution in [-0.4, -0.2) is 45.6 Å². The summed E-state index contributed by atoms with van der Waals surface area (Å²) >= 11 is 7.47. The molecular formula is C19H20ClN5O3S. The average molecular weight is 434 g/mol. The standard InChI is InChI=1S/C19H20ClN5O3S/c1-2-14-10-15-18(29-14)21-11-24(19(15)26)12-22-5-7-23(8-6-22)16-4-3-13(20)9-17(16)25(27)28/h3-4,9-11H,2,5-8,12H2,1H3. The van der Waals surface area contributed by atoms with E-state index in [1.54, 1.807) is 34.4 Å². The number of hydrogen-bond acceptors (Lipinski definition) is 7.